The predicted molar refractivity (Wildman–Crippen MR) is 131 cm³/mol. The van der Waals surface area contributed by atoms with Crippen LogP contribution in [-0.2, 0) is 20.2 Å². The molecule has 1 aliphatic heterocycles. The highest BCUT2D eigenvalue weighted by molar-refractivity contribution is 7.89. The van der Waals surface area contributed by atoms with Gasteiger partial charge >= 0.3 is 12.6 Å². The molecule has 202 valence electrons. The molecule has 0 spiro atoms. The number of ether oxygens (including phenoxy) is 1. The Hall–Kier alpha value is -3.91. The Bertz CT molecular complexity index is 1480. The van der Waals surface area contributed by atoms with Crippen molar-refractivity contribution in [3.8, 4) is 5.88 Å². The monoisotopic (exact) mass is 549 g/mol. The lowest BCUT2D eigenvalue weighted by atomic mass is 9.71. The van der Waals surface area contributed by atoms with Gasteiger partial charge in [0.1, 0.15) is 16.0 Å². The number of benzene rings is 1. The van der Waals surface area contributed by atoms with Gasteiger partial charge in [0, 0.05) is 18.8 Å². The largest absolute Gasteiger partial charge is 0.476 e. The minimum absolute atomic E-state index is 0.0345. The van der Waals surface area contributed by atoms with Crippen LogP contribution in [-0.4, -0.2) is 64.6 Å². The van der Waals surface area contributed by atoms with Gasteiger partial charge in [-0.2, -0.15) is 18.2 Å². The van der Waals surface area contributed by atoms with Crippen molar-refractivity contribution in [2.24, 2.45) is 0 Å². The Morgan fingerprint density at radius 2 is 1.87 bits per heavy atom. The second kappa shape index (κ2) is 10.1. The number of carbonyl (C=O) groups is 2. The Morgan fingerprint density at radius 1 is 1.18 bits per heavy atom. The summed E-state index contributed by atoms with van der Waals surface area (Å²) in [7, 11) is -4.34. The maximum Gasteiger partial charge on any atom is 0.388 e. The first kappa shape index (κ1) is 27.1. The summed E-state index contributed by atoms with van der Waals surface area (Å²) < 4.78 is 58.0. The number of aromatic nitrogens is 3. The average Bonchev–Trinajstić information content (AvgIpc) is 3.31. The molecule has 0 radical (unpaired) electrons. The lowest BCUT2D eigenvalue weighted by molar-refractivity contribution is -0.125. The topological polar surface area (TPSA) is 155 Å². The standard InChI is InChI=1S/C24H25F2N5O6S/c1-13(2)15-6-4-5-7-16(15)24(22(34)29-17-9-8-14(3)28-20(17)37-23(25)26)11-31(12-24)38(35,36)18-10-27-30-19(18)21(32)33/h4-10,13,23H,11-12H2,1-3H3,(H,27,30)(H,29,34)(H,32,33). The van der Waals surface area contributed by atoms with E-state index < -0.39 is 50.4 Å². The van der Waals surface area contributed by atoms with Crippen molar-refractivity contribution < 1.29 is 36.6 Å². The highest BCUT2D eigenvalue weighted by atomic mass is 32.2. The molecule has 1 aliphatic rings. The number of carbonyl (C=O) groups excluding carboxylic acids is 1. The lowest BCUT2D eigenvalue weighted by Crippen LogP contribution is -2.66. The van der Waals surface area contributed by atoms with Gasteiger partial charge in [0.15, 0.2) is 5.69 Å². The molecule has 1 fully saturated rings. The highest BCUT2D eigenvalue weighted by Crippen LogP contribution is 2.43. The number of rotatable bonds is 9. The van der Waals surface area contributed by atoms with E-state index in [2.05, 4.69) is 25.2 Å². The summed E-state index contributed by atoms with van der Waals surface area (Å²) in [5.74, 6) is -2.68. The molecule has 1 saturated heterocycles. The first-order valence-corrected chi connectivity index (χ1v) is 12.9. The lowest BCUT2D eigenvalue weighted by Gasteiger charge is -2.48. The summed E-state index contributed by atoms with van der Waals surface area (Å²) >= 11 is 0. The number of nitrogens with zero attached hydrogens (tertiary/aromatic N) is 3. The number of carboxylic acid groups (broad SMARTS) is 1. The second-order valence-corrected chi connectivity index (χ2v) is 11.1. The minimum Gasteiger partial charge on any atom is -0.476 e. The van der Waals surface area contributed by atoms with E-state index in [1.165, 1.54) is 12.1 Å². The van der Waals surface area contributed by atoms with Crippen LogP contribution in [0.25, 0.3) is 0 Å². The number of pyridine rings is 1. The highest BCUT2D eigenvalue weighted by Gasteiger charge is 2.56. The van der Waals surface area contributed by atoms with Crippen molar-refractivity contribution in [3.63, 3.8) is 0 Å². The smallest absolute Gasteiger partial charge is 0.388 e. The van der Waals surface area contributed by atoms with Gasteiger partial charge in [0.25, 0.3) is 0 Å². The third-order valence-electron chi connectivity index (χ3n) is 6.31. The van der Waals surface area contributed by atoms with Crippen molar-refractivity contribution >= 4 is 27.6 Å². The summed E-state index contributed by atoms with van der Waals surface area (Å²) in [6.45, 7) is 1.55. The number of aromatic carboxylic acids is 1. The molecule has 0 aliphatic carbocycles. The predicted octanol–water partition coefficient (Wildman–Crippen LogP) is 3.12. The quantitative estimate of drug-likeness (QED) is 0.368. The van der Waals surface area contributed by atoms with E-state index in [-0.39, 0.29) is 24.7 Å². The van der Waals surface area contributed by atoms with Crippen molar-refractivity contribution in [2.75, 3.05) is 18.4 Å². The van der Waals surface area contributed by atoms with E-state index >= 15 is 0 Å². The van der Waals surface area contributed by atoms with Crippen LogP contribution in [0.3, 0.4) is 0 Å². The summed E-state index contributed by atoms with van der Waals surface area (Å²) in [6.07, 6.45) is 0.896. The van der Waals surface area contributed by atoms with Crippen LogP contribution >= 0.6 is 0 Å². The molecule has 11 nitrogen and oxygen atoms in total. The number of hydrogen-bond acceptors (Lipinski definition) is 7. The van der Waals surface area contributed by atoms with E-state index in [1.54, 1.807) is 25.1 Å². The van der Waals surface area contributed by atoms with Crippen LogP contribution < -0.4 is 10.1 Å². The Balaban J connectivity index is 1.75. The number of aromatic amines is 1. The fourth-order valence-electron chi connectivity index (χ4n) is 4.41. The van der Waals surface area contributed by atoms with Gasteiger partial charge in [0.05, 0.1) is 6.20 Å². The molecular weight excluding hydrogens is 524 g/mol. The van der Waals surface area contributed by atoms with E-state index in [0.29, 0.717) is 11.3 Å². The van der Waals surface area contributed by atoms with Crippen LogP contribution in [0.5, 0.6) is 5.88 Å². The third kappa shape index (κ3) is 4.84. The number of alkyl halides is 2. The summed E-state index contributed by atoms with van der Waals surface area (Å²) in [5.41, 5.74) is -0.399. The molecule has 3 heterocycles. The van der Waals surface area contributed by atoms with Gasteiger partial charge in [-0.3, -0.25) is 9.89 Å². The second-order valence-electron chi connectivity index (χ2n) is 9.15. The van der Waals surface area contributed by atoms with Gasteiger partial charge in [-0.15, -0.1) is 0 Å². The zero-order valence-electron chi connectivity index (χ0n) is 20.6. The number of amides is 1. The number of sulfonamides is 1. The summed E-state index contributed by atoms with van der Waals surface area (Å²) in [4.78, 5) is 28.7. The Kier molecular flexibility index (Phi) is 7.21. The molecule has 38 heavy (non-hydrogen) atoms. The van der Waals surface area contributed by atoms with E-state index in [9.17, 15) is 31.9 Å². The molecule has 3 N–H and O–H groups in total. The normalized spacial score (nSPS) is 15.3. The Morgan fingerprint density at radius 3 is 2.50 bits per heavy atom. The first-order valence-electron chi connectivity index (χ1n) is 11.5. The van der Waals surface area contributed by atoms with Crippen LogP contribution in [0.2, 0.25) is 0 Å². The van der Waals surface area contributed by atoms with E-state index in [4.69, 9.17) is 0 Å². The van der Waals surface area contributed by atoms with Crippen LogP contribution in [0, 0.1) is 6.92 Å². The zero-order valence-corrected chi connectivity index (χ0v) is 21.4. The van der Waals surface area contributed by atoms with Gasteiger partial charge in [-0.25, -0.2) is 18.2 Å². The number of nitrogens with one attached hydrogen (secondary N) is 2. The summed E-state index contributed by atoms with van der Waals surface area (Å²) in [5, 5.41) is 17.6. The maximum absolute atomic E-state index is 13.8. The van der Waals surface area contributed by atoms with Gasteiger partial charge in [-0.05, 0) is 36.1 Å². The molecule has 1 aromatic carbocycles. The molecule has 2 aromatic heterocycles. The van der Waals surface area contributed by atoms with Gasteiger partial charge in [0.2, 0.25) is 21.8 Å². The minimum atomic E-state index is -4.34. The number of carboxylic acids is 1. The first-order chi connectivity index (χ1) is 17.9. The molecule has 3 aromatic rings. The van der Waals surface area contributed by atoms with E-state index in [1.807, 2.05) is 19.9 Å². The molecule has 4 rings (SSSR count). The van der Waals surface area contributed by atoms with E-state index in [0.717, 1.165) is 16.1 Å². The SMILES string of the molecule is Cc1ccc(NC(=O)C2(c3ccccc3C(C)C)CN(S(=O)(=O)c3cn[nH]c3C(=O)O)C2)c(OC(F)F)n1. The molecule has 14 heteroatoms. The fraction of sp³-hybridized carbons (Fsp3) is 0.333. The summed E-state index contributed by atoms with van der Waals surface area (Å²) in [6, 6.07) is 9.92. The van der Waals surface area contributed by atoms with Gasteiger partial charge in [-0.1, -0.05) is 38.1 Å². The molecular formula is C24H25F2N5O6S. The van der Waals surface area contributed by atoms with Crippen LogP contribution in [0.4, 0.5) is 14.5 Å². The maximum atomic E-state index is 13.8. The number of halogens is 2. The number of hydrogen-bond donors (Lipinski definition) is 3. The fourth-order valence-corrected chi connectivity index (χ4v) is 6.04. The van der Waals surface area contributed by atoms with Crippen molar-refractivity contribution in [1.82, 2.24) is 19.5 Å². The van der Waals surface area contributed by atoms with Crippen LogP contribution in [0.15, 0.2) is 47.5 Å². The number of H-pyrrole nitrogens is 1. The van der Waals surface area contributed by atoms with Crippen molar-refractivity contribution in [2.45, 2.75) is 43.6 Å². The molecule has 0 unspecified atom stereocenters. The van der Waals surface area contributed by atoms with Gasteiger partial charge < -0.3 is 15.2 Å². The number of aryl methyl sites for hydroxylation is 1. The van der Waals surface area contributed by atoms with Crippen molar-refractivity contribution in [1.29, 1.82) is 0 Å². The molecule has 0 saturated carbocycles. The zero-order chi connectivity index (χ0) is 27.8. The number of anilines is 1. The average molecular weight is 550 g/mol. The molecule has 0 bridgehead atoms. The third-order valence-corrected chi connectivity index (χ3v) is 8.11. The Labute approximate surface area is 216 Å². The van der Waals surface area contributed by atoms with Crippen LogP contribution in [0.1, 0.15) is 47.1 Å². The van der Waals surface area contributed by atoms with Crippen molar-refractivity contribution in [3.05, 3.63) is 65.1 Å². The molecule has 1 amide bonds. The molecule has 0 atom stereocenters.